The molecule has 102 valence electrons. The van der Waals surface area contributed by atoms with Gasteiger partial charge in [0.25, 0.3) is 5.91 Å². The maximum absolute atomic E-state index is 12.5. The van der Waals surface area contributed by atoms with E-state index >= 15 is 0 Å². The molecule has 1 saturated carbocycles. The minimum absolute atomic E-state index is 0.00329. The van der Waals surface area contributed by atoms with Crippen LogP contribution in [-0.2, 0) is 4.74 Å². The Labute approximate surface area is 111 Å². The molecular weight excluding hydrogens is 244 g/mol. The minimum Gasteiger partial charge on any atom is -0.374 e. The molecule has 5 nitrogen and oxygen atoms in total. The van der Waals surface area contributed by atoms with Crippen molar-refractivity contribution in [2.24, 2.45) is 0 Å². The average molecular weight is 262 g/mol. The number of rotatable bonds is 1. The van der Waals surface area contributed by atoms with Crippen molar-refractivity contribution >= 4 is 5.91 Å². The summed E-state index contributed by atoms with van der Waals surface area (Å²) >= 11 is 0. The topological polar surface area (TPSA) is 62.4 Å². The number of aromatic amines is 1. The lowest BCUT2D eigenvalue weighted by Gasteiger charge is -2.43. The summed E-state index contributed by atoms with van der Waals surface area (Å²) in [7, 11) is 0. The highest BCUT2D eigenvalue weighted by Gasteiger charge is 2.36. The Bertz CT molecular complexity index is 503. The van der Waals surface area contributed by atoms with Crippen LogP contribution in [0.1, 0.15) is 36.0 Å². The van der Waals surface area contributed by atoms with Crippen molar-refractivity contribution in [3.05, 3.63) is 34.2 Å². The van der Waals surface area contributed by atoms with Gasteiger partial charge >= 0.3 is 0 Å². The van der Waals surface area contributed by atoms with Crippen molar-refractivity contribution in [3.8, 4) is 0 Å². The molecule has 0 spiro atoms. The first-order chi connectivity index (χ1) is 9.25. The van der Waals surface area contributed by atoms with Gasteiger partial charge in [0.05, 0.1) is 24.3 Å². The van der Waals surface area contributed by atoms with Crippen LogP contribution in [0.15, 0.2) is 23.1 Å². The highest BCUT2D eigenvalue weighted by molar-refractivity contribution is 5.94. The van der Waals surface area contributed by atoms with Gasteiger partial charge in [-0.2, -0.15) is 0 Å². The molecule has 0 radical (unpaired) electrons. The van der Waals surface area contributed by atoms with Gasteiger partial charge in [0.1, 0.15) is 0 Å². The number of fused-ring (bicyclic) bond motifs is 1. The number of amides is 1. The van der Waals surface area contributed by atoms with E-state index in [1.807, 2.05) is 4.90 Å². The van der Waals surface area contributed by atoms with E-state index in [2.05, 4.69) is 4.98 Å². The highest BCUT2D eigenvalue weighted by atomic mass is 16.5. The summed E-state index contributed by atoms with van der Waals surface area (Å²) < 4.78 is 5.77. The van der Waals surface area contributed by atoms with Gasteiger partial charge in [0, 0.05) is 18.8 Å². The van der Waals surface area contributed by atoms with Crippen LogP contribution in [0.2, 0.25) is 0 Å². The molecule has 2 fully saturated rings. The summed E-state index contributed by atoms with van der Waals surface area (Å²) in [4.78, 5) is 28.0. The first kappa shape index (κ1) is 12.4. The third kappa shape index (κ3) is 2.42. The van der Waals surface area contributed by atoms with Crippen LogP contribution >= 0.6 is 0 Å². The predicted octanol–water partition coefficient (Wildman–Crippen LogP) is 1.16. The van der Waals surface area contributed by atoms with Crippen LogP contribution in [-0.4, -0.2) is 41.1 Å². The molecule has 1 saturated heterocycles. The third-order valence-electron chi connectivity index (χ3n) is 4.02. The standard InChI is InChI=1S/C14H18N2O3/c17-13-6-5-10(9-15-13)14(18)16-7-8-19-12-4-2-1-3-11(12)16/h5-6,9,11-12H,1-4,7-8H2,(H,15,17)/t11-,12+/m0/s1. The monoisotopic (exact) mass is 262 g/mol. The van der Waals surface area contributed by atoms with Crippen molar-refractivity contribution < 1.29 is 9.53 Å². The number of ether oxygens (including phenoxy) is 1. The van der Waals surface area contributed by atoms with Crippen LogP contribution in [0.25, 0.3) is 0 Å². The number of aromatic nitrogens is 1. The van der Waals surface area contributed by atoms with Crippen molar-refractivity contribution in [1.29, 1.82) is 0 Å². The fourth-order valence-electron chi connectivity index (χ4n) is 3.06. The van der Waals surface area contributed by atoms with Crippen LogP contribution in [0.5, 0.6) is 0 Å². The molecule has 0 bridgehead atoms. The van der Waals surface area contributed by atoms with E-state index in [-0.39, 0.29) is 23.6 Å². The average Bonchev–Trinajstić information content (AvgIpc) is 2.47. The van der Waals surface area contributed by atoms with Crippen LogP contribution in [0.4, 0.5) is 0 Å². The molecular formula is C14H18N2O3. The number of morpholine rings is 1. The normalized spacial score (nSPS) is 26.8. The molecule has 1 N–H and O–H groups in total. The van der Waals surface area contributed by atoms with E-state index in [0.29, 0.717) is 18.7 Å². The molecule has 1 aliphatic carbocycles. The number of H-pyrrole nitrogens is 1. The Balaban J connectivity index is 1.81. The second-order valence-corrected chi connectivity index (χ2v) is 5.20. The molecule has 2 heterocycles. The van der Waals surface area contributed by atoms with Gasteiger partial charge in [-0.05, 0) is 18.9 Å². The molecule has 5 heteroatoms. The Morgan fingerprint density at radius 2 is 2.16 bits per heavy atom. The zero-order chi connectivity index (χ0) is 13.2. The number of nitrogens with one attached hydrogen (secondary N) is 1. The second kappa shape index (κ2) is 5.17. The van der Waals surface area contributed by atoms with Gasteiger partial charge < -0.3 is 14.6 Å². The fraction of sp³-hybridized carbons (Fsp3) is 0.571. The molecule has 19 heavy (non-hydrogen) atoms. The van der Waals surface area contributed by atoms with E-state index in [0.717, 1.165) is 19.3 Å². The van der Waals surface area contributed by atoms with Crippen molar-refractivity contribution in [2.45, 2.75) is 37.8 Å². The van der Waals surface area contributed by atoms with Gasteiger partial charge in [-0.15, -0.1) is 0 Å². The van der Waals surface area contributed by atoms with E-state index < -0.39 is 0 Å². The van der Waals surface area contributed by atoms with Crippen LogP contribution in [0, 0.1) is 0 Å². The molecule has 1 aromatic heterocycles. The first-order valence-electron chi connectivity index (χ1n) is 6.87. The zero-order valence-electron chi connectivity index (χ0n) is 10.8. The predicted molar refractivity (Wildman–Crippen MR) is 70.1 cm³/mol. The van der Waals surface area contributed by atoms with Gasteiger partial charge in [-0.25, -0.2) is 0 Å². The van der Waals surface area contributed by atoms with Gasteiger partial charge in [0.2, 0.25) is 5.56 Å². The first-order valence-corrected chi connectivity index (χ1v) is 6.87. The van der Waals surface area contributed by atoms with Gasteiger partial charge in [-0.3, -0.25) is 9.59 Å². The molecule has 0 unspecified atom stereocenters. The number of carbonyl (C=O) groups is 1. The Morgan fingerprint density at radius 3 is 2.95 bits per heavy atom. The van der Waals surface area contributed by atoms with Gasteiger partial charge in [-0.1, -0.05) is 12.8 Å². The SMILES string of the molecule is O=C(c1ccc(=O)[nH]c1)N1CCO[C@@H]2CCCC[C@@H]21. The summed E-state index contributed by atoms with van der Waals surface area (Å²) in [5.41, 5.74) is 0.361. The molecule has 3 rings (SSSR count). The highest BCUT2D eigenvalue weighted by Crippen LogP contribution is 2.29. The summed E-state index contributed by atoms with van der Waals surface area (Å²) in [6, 6.07) is 3.18. The van der Waals surface area contributed by atoms with Crippen molar-refractivity contribution in [1.82, 2.24) is 9.88 Å². The number of hydrogen-bond donors (Lipinski definition) is 1. The lowest BCUT2D eigenvalue weighted by atomic mass is 9.90. The summed E-state index contributed by atoms with van der Waals surface area (Å²) in [5, 5.41) is 0. The third-order valence-corrected chi connectivity index (χ3v) is 4.02. The van der Waals surface area contributed by atoms with E-state index in [9.17, 15) is 9.59 Å². The van der Waals surface area contributed by atoms with Crippen LogP contribution < -0.4 is 5.56 Å². The fourth-order valence-corrected chi connectivity index (χ4v) is 3.06. The molecule has 1 aromatic rings. The molecule has 0 aromatic carbocycles. The summed E-state index contributed by atoms with van der Waals surface area (Å²) in [6.45, 7) is 1.25. The Kier molecular flexibility index (Phi) is 3.38. The maximum Gasteiger partial charge on any atom is 0.255 e. The largest absolute Gasteiger partial charge is 0.374 e. The van der Waals surface area contributed by atoms with Crippen molar-refractivity contribution in [2.75, 3.05) is 13.2 Å². The Morgan fingerprint density at radius 1 is 1.32 bits per heavy atom. The molecule has 1 amide bonds. The maximum atomic E-state index is 12.5. The summed E-state index contributed by atoms with van der Waals surface area (Å²) in [6.07, 6.45) is 6.08. The number of carbonyl (C=O) groups excluding carboxylic acids is 1. The van der Waals surface area contributed by atoms with Crippen molar-refractivity contribution in [3.63, 3.8) is 0 Å². The molecule has 2 aliphatic rings. The number of hydrogen-bond acceptors (Lipinski definition) is 3. The Hall–Kier alpha value is -1.62. The summed E-state index contributed by atoms with van der Waals surface area (Å²) in [5.74, 6) is -0.00329. The van der Waals surface area contributed by atoms with Gasteiger partial charge in [0.15, 0.2) is 0 Å². The van der Waals surface area contributed by atoms with E-state index in [1.54, 1.807) is 6.07 Å². The second-order valence-electron chi connectivity index (χ2n) is 5.20. The zero-order valence-corrected chi connectivity index (χ0v) is 10.8. The number of pyridine rings is 1. The lowest BCUT2D eigenvalue weighted by Crippen LogP contribution is -2.54. The molecule has 1 aliphatic heterocycles. The van der Waals surface area contributed by atoms with Crippen LogP contribution in [0.3, 0.4) is 0 Å². The lowest BCUT2D eigenvalue weighted by molar-refractivity contribution is -0.0752. The van der Waals surface area contributed by atoms with E-state index in [1.165, 1.54) is 18.7 Å². The quantitative estimate of drug-likeness (QED) is 0.826. The molecule has 2 atom stereocenters. The smallest absolute Gasteiger partial charge is 0.255 e. The minimum atomic E-state index is -0.186. The number of nitrogens with zero attached hydrogens (tertiary/aromatic N) is 1. The van der Waals surface area contributed by atoms with E-state index in [4.69, 9.17) is 4.74 Å².